The van der Waals surface area contributed by atoms with Crippen LogP contribution in [0, 0.1) is 3.70 Å². The maximum absolute atomic E-state index is 12.7. The number of fused-ring (bicyclic) bond motifs is 1. The van der Waals surface area contributed by atoms with Crippen molar-refractivity contribution in [3.63, 3.8) is 0 Å². The fraction of sp³-hybridized carbons (Fsp3) is 0. The number of rotatable bonds is 2. The minimum Gasteiger partial charge on any atom is -0.242 e. The fourth-order valence-corrected chi connectivity index (χ4v) is 4.91. The number of halogens is 2. The first-order chi connectivity index (χ1) is 9.50. The van der Waals surface area contributed by atoms with Crippen molar-refractivity contribution in [1.29, 1.82) is 0 Å². The molecule has 1 aromatic carbocycles. The second-order valence-corrected chi connectivity index (χ2v) is 7.39. The van der Waals surface area contributed by atoms with Gasteiger partial charge in [-0.05, 0) is 46.9 Å². The Kier molecular flexibility index (Phi) is 3.47. The van der Waals surface area contributed by atoms with E-state index in [1.807, 2.05) is 22.6 Å². The number of benzene rings is 1. The summed E-state index contributed by atoms with van der Waals surface area (Å²) in [6, 6.07) is 11.7. The minimum absolute atomic E-state index is 0.241. The van der Waals surface area contributed by atoms with Gasteiger partial charge >= 0.3 is 0 Å². The summed E-state index contributed by atoms with van der Waals surface area (Å²) in [5, 5.41) is 1.08. The lowest BCUT2D eigenvalue weighted by atomic mass is 10.3. The van der Waals surface area contributed by atoms with Crippen molar-refractivity contribution in [3.05, 3.63) is 57.5 Å². The highest BCUT2D eigenvalue weighted by Crippen LogP contribution is 2.27. The highest BCUT2D eigenvalue weighted by Gasteiger charge is 2.22. The van der Waals surface area contributed by atoms with Crippen LogP contribution in [0.5, 0.6) is 0 Å². The van der Waals surface area contributed by atoms with Crippen LogP contribution >= 0.6 is 34.2 Å². The van der Waals surface area contributed by atoms with Crippen molar-refractivity contribution in [2.75, 3.05) is 0 Å². The second-order valence-electron chi connectivity index (χ2n) is 4.12. The standard InChI is InChI=1S/C13H8ClIN2O2S/c14-12-6-9-7-13(15)17(11(9)8-16-12)20(18,19)10-4-2-1-3-5-10/h1-8H. The summed E-state index contributed by atoms with van der Waals surface area (Å²) in [6.45, 7) is 0. The summed E-state index contributed by atoms with van der Waals surface area (Å²) in [6.07, 6.45) is 1.47. The Labute approximate surface area is 134 Å². The molecule has 0 saturated heterocycles. The summed E-state index contributed by atoms with van der Waals surface area (Å²) in [5.41, 5.74) is 0.516. The van der Waals surface area contributed by atoms with Crippen molar-refractivity contribution in [2.45, 2.75) is 4.90 Å². The molecular weight excluding hydrogens is 411 g/mol. The molecule has 2 aromatic heterocycles. The molecule has 20 heavy (non-hydrogen) atoms. The van der Waals surface area contributed by atoms with E-state index in [-0.39, 0.29) is 4.90 Å². The average molecular weight is 419 g/mol. The summed E-state index contributed by atoms with van der Waals surface area (Å²) < 4.78 is 27.3. The van der Waals surface area contributed by atoms with Crippen LogP contribution in [0.4, 0.5) is 0 Å². The van der Waals surface area contributed by atoms with Gasteiger partial charge in [-0.2, -0.15) is 0 Å². The van der Waals surface area contributed by atoms with Crippen LogP contribution in [0.1, 0.15) is 0 Å². The van der Waals surface area contributed by atoms with Gasteiger partial charge in [-0.25, -0.2) is 17.4 Å². The molecule has 0 fully saturated rings. The van der Waals surface area contributed by atoms with Crippen molar-refractivity contribution in [1.82, 2.24) is 8.96 Å². The van der Waals surface area contributed by atoms with Crippen LogP contribution in [-0.4, -0.2) is 17.4 Å². The number of aromatic nitrogens is 2. The molecule has 0 atom stereocenters. The van der Waals surface area contributed by atoms with Crippen molar-refractivity contribution >= 4 is 55.1 Å². The molecule has 0 unspecified atom stereocenters. The van der Waals surface area contributed by atoms with E-state index in [0.717, 1.165) is 5.39 Å². The molecular formula is C13H8ClIN2O2S. The zero-order valence-corrected chi connectivity index (χ0v) is 13.7. The SMILES string of the molecule is O=S(=O)(c1ccccc1)n1c(I)cc2cc(Cl)ncc21. The van der Waals surface area contributed by atoms with Gasteiger partial charge in [0.15, 0.2) is 0 Å². The van der Waals surface area contributed by atoms with Gasteiger partial charge in [-0.3, -0.25) is 0 Å². The van der Waals surface area contributed by atoms with Gasteiger partial charge in [-0.1, -0.05) is 29.8 Å². The zero-order valence-electron chi connectivity index (χ0n) is 9.99. The van der Waals surface area contributed by atoms with Crippen molar-refractivity contribution in [2.24, 2.45) is 0 Å². The highest BCUT2D eigenvalue weighted by molar-refractivity contribution is 14.1. The lowest BCUT2D eigenvalue weighted by Crippen LogP contribution is -2.14. The number of pyridine rings is 1. The van der Waals surface area contributed by atoms with Crippen LogP contribution in [0.15, 0.2) is 53.6 Å². The number of nitrogens with zero attached hydrogens (tertiary/aromatic N) is 2. The molecule has 3 rings (SSSR count). The minimum atomic E-state index is -3.64. The van der Waals surface area contributed by atoms with E-state index in [0.29, 0.717) is 14.4 Å². The molecule has 0 amide bonds. The third-order valence-corrected chi connectivity index (χ3v) is 5.92. The summed E-state index contributed by atoms with van der Waals surface area (Å²) in [5.74, 6) is 0. The van der Waals surface area contributed by atoms with E-state index in [4.69, 9.17) is 11.6 Å². The Morgan fingerprint density at radius 2 is 1.85 bits per heavy atom. The molecule has 0 spiro atoms. The smallest absolute Gasteiger partial charge is 0.242 e. The van der Waals surface area contributed by atoms with Crippen LogP contribution in [0.3, 0.4) is 0 Å². The van der Waals surface area contributed by atoms with E-state index in [9.17, 15) is 8.42 Å². The van der Waals surface area contributed by atoms with Gasteiger partial charge in [0.05, 0.1) is 20.3 Å². The first-order valence-corrected chi connectivity index (χ1v) is 8.53. The van der Waals surface area contributed by atoms with Crippen LogP contribution < -0.4 is 0 Å². The number of hydrogen-bond donors (Lipinski definition) is 0. The molecule has 7 heteroatoms. The summed E-state index contributed by atoms with van der Waals surface area (Å²) in [7, 11) is -3.64. The van der Waals surface area contributed by atoms with Crippen molar-refractivity contribution in [3.8, 4) is 0 Å². The lowest BCUT2D eigenvalue weighted by Gasteiger charge is -2.08. The van der Waals surface area contributed by atoms with E-state index in [1.165, 1.54) is 10.2 Å². The topological polar surface area (TPSA) is 52.0 Å². The van der Waals surface area contributed by atoms with Gasteiger partial charge in [0.1, 0.15) is 5.15 Å². The fourth-order valence-electron chi connectivity index (χ4n) is 1.97. The summed E-state index contributed by atoms with van der Waals surface area (Å²) >= 11 is 7.83. The number of hydrogen-bond acceptors (Lipinski definition) is 3. The second kappa shape index (κ2) is 5.01. The summed E-state index contributed by atoms with van der Waals surface area (Å²) in [4.78, 5) is 4.21. The van der Waals surface area contributed by atoms with Gasteiger partial charge in [0, 0.05) is 5.39 Å². The van der Waals surface area contributed by atoms with E-state index in [1.54, 1.807) is 42.5 Å². The van der Waals surface area contributed by atoms with Gasteiger partial charge in [-0.15, -0.1) is 0 Å². The normalized spacial score (nSPS) is 11.9. The zero-order chi connectivity index (χ0) is 14.3. The molecule has 0 aliphatic heterocycles. The highest BCUT2D eigenvalue weighted by atomic mass is 127. The average Bonchev–Trinajstić information content (AvgIpc) is 2.75. The van der Waals surface area contributed by atoms with E-state index < -0.39 is 10.0 Å². The lowest BCUT2D eigenvalue weighted by molar-refractivity contribution is 0.588. The molecule has 0 aliphatic carbocycles. The Morgan fingerprint density at radius 1 is 1.15 bits per heavy atom. The van der Waals surface area contributed by atoms with Crippen LogP contribution in [0.25, 0.3) is 10.9 Å². The third-order valence-electron chi connectivity index (χ3n) is 2.85. The molecule has 0 radical (unpaired) electrons. The molecule has 4 nitrogen and oxygen atoms in total. The van der Waals surface area contributed by atoms with Crippen LogP contribution in [-0.2, 0) is 10.0 Å². The molecule has 0 aliphatic rings. The van der Waals surface area contributed by atoms with Gasteiger partial charge in [0.2, 0.25) is 0 Å². The Morgan fingerprint density at radius 3 is 2.55 bits per heavy atom. The predicted molar refractivity (Wildman–Crippen MR) is 86.5 cm³/mol. The van der Waals surface area contributed by atoms with Crippen LogP contribution in [0.2, 0.25) is 5.15 Å². The van der Waals surface area contributed by atoms with Crippen molar-refractivity contribution < 1.29 is 8.42 Å². The maximum Gasteiger partial charge on any atom is 0.269 e. The molecule has 0 N–H and O–H groups in total. The monoisotopic (exact) mass is 418 g/mol. The molecule has 0 bridgehead atoms. The molecule has 3 aromatic rings. The first-order valence-electron chi connectivity index (χ1n) is 5.63. The predicted octanol–water partition coefficient (Wildman–Crippen LogP) is 3.53. The van der Waals surface area contributed by atoms with Gasteiger partial charge < -0.3 is 0 Å². The first kappa shape index (κ1) is 13.8. The largest absolute Gasteiger partial charge is 0.269 e. The van der Waals surface area contributed by atoms with E-state index in [2.05, 4.69) is 4.98 Å². The maximum atomic E-state index is 12.7. The quantitative estimate of drug-likeness (QED) is 0.473. The third kappa shape index (κ3) is 2.21. The Hall–Kier alpha value is -1.12. The Balaban J connectivity index is 2.32. The molecule has 2 heterocycles. The van der Waals surface area contributed by atoms with E-state index >= 15 is 0 Å². The van der Waals surface area contributed by atoms with Gasteiger partial charge in [0.25, 0.3) is 10.0 Å². The Bertz CT molecular complexity index is 891. The molecule has 102 valence electrons. The molecule has 0 saturated carbocycles.